The van der Waals surface area contributed by atoms with Gasteiger partial charge in [0.05, 0.1) is 6.61 Å². The minimum Gasteiger partial charge on any atom is -0.445 e. The van der Waals surface area contributed by atoms with Crippen molar-refractivity contribution in [1.82, 2.24) is 5.32 Å². The van der Waals surface area contributed by atoms with Crippen molar-refractivity contribution in [2.45, 2.75) is 25.2 Å². The molecule has 1 fully saturated rings. The average Bonchev–Trinajstić information content (AvgIpc) is 3.21. The Hall–Kier alpha value is -1.62. The molecule has 1 aromatic rings. The second-order valence-electron chi connectivity index (χ2n) is 5.10. The van der Waals surface area contributed by atoms with Gasteiger partial charge in [-0.2, -0.15) is 0 Å². The third-order valence-corrected chi connectivity index (χ3v) is 5.85. The standard InChI is InChI=1S/C15H20NO5P/c1-3-13-10-15(13,22(18,19)21-4-2)16-14(17)20-11-12-8-6-5-7-9-12/h3,5-9,13H,1,4,10-11H2,2H3,(H,16,17)(H,18,19)/t13-,15?/m1/s1. The Morgan fingerprint density at radius 3 is 2.77 bits per heavy atom. The van der Waals surface area contributed by atoms with E-state index < -0.39 is 19.0 Å². The van der Waals surface area contributed by atoms with Gasteiger partial charge >= 0.3 is 13.7 Å². The summed E-state index contributed by atoms with van der Waals surface area (Å²) in [6, 6.07) is 9.18. The number of alkyl carbamates (subject to hydrolysis) is 1. The molecule has 0 aliphatic heterocycles. The molecular weight excluding hydrogens is 305 g/mol. The zero-order chi connectivity index (χ0) is 16.2. The van der Waals surface area contributed by atoms with Gasteiger partial charge in [0.15, 0.2) is 5.28 Å². The van der Waals surface area contributed by atoms with Gasteiger partial charge in [-0.15, -0.1) is 6.58 Å². The van der Waals surface area contributed by atoms with E-state index in [2.05, 4.69) is 11.9 Å². The third kappa shape index (κ3) is 3.40. The van der Waals surface area contributed by atoms with E-state index in [1.807, 2.05) is 30.3 Å². The minimum absolute atomic E-state index is 0.0835. The molecule has 0 radical (unpaired) electrons. The maximum Gasteiger partial charge on any atom is 0.408 e. The molecule has 6 nitrogen and oxygen atoms in total. The molecule has 1 saturated carbocycles. The molecule has 2 unspecified atom stereocenters. The minimum atomic E-state index is -3.99. The molecule has 2 N–H and O–H groups in total. The van der Waals surface area contributed by atoms with Crippen LogP contribution in [0.2, 0.25) is 0 Å². The average molecular weight is 325 g/mol. The zero-order valence-electron chi connectivity index (χ0n) is 12.4. The summed E-state index contributed by atoms with van der Waals surface area (Å²) < 4.78 is 22.3. The van der Waals surface area contributed by atoms with Gasteiger partial charge < -0.3 is 19.5 Å². The molecule has 0 aromatic heterocycles. The molecule has 2 rings (SSSR count). The first kappa shape index (κ1) is 16.7. The molecule has 120 valence electrons. The van der Waals surface area contributed by atoms with E-state index in [0.717, 1.165) is 5.56 Å². The molecular formula is C15H20NO5P. The lowest BCUT2D eigenvalue weighted by Crippen LogP contribution is -2.39. The number of amides is 1. The first-order valence-corrected chi connectivity index (χ1v) is 8.62. The topological polar surface area (TPSA) is 84.9 Å². The van der Waals surface area contributed by atoms with Crippen LogP contribution < -0.4 is 5.32 Å². The summed E-state index contributed by atoms with van der Waals surface area (Å²) >= 11 is 0. The monoisotopic (exact) mass is 325 g/mol. The van der Waals surface area contributed by atoms with E-state index in [0.29, 0.717) is 6.42 Å². The summed E-state index contributed by atoms with van der Waals surface area (Å²) in [5.41, 5.74) is 0.833. The largest absolute Gasteiger partial charge is 0.445 e. The van der Waals surface area contributed by atoms with Gasteiger partial charge in [-0.3, -0.25) is 4.57 Å². The lowest BCUT2D eigenvalue weighted by molar-refractivity contribution is 0.134. The van der Waals surface area contributed by atoms with Gasteiger partial charge in [-0.25, -0.2) is 4.79 Å². The van der Waals surface area contributed by atoms with Gasteiger partial charge in [0.25, 0.3) is 0 Å². The van der Waals surface area contributed by atoms with Crippen molar-refractivity contribution in [3.63, 3.8) is 0 Å². The van der Waals surface area contributed by atoms with Gasteiger partial charge in [0.1, 0.15) is 6.61 Å². The lowest BCUT2D eigenvalue weighted by atomic mass is 10.2. The van der Waals surface area contributed by atoms with Gasteiger partial charge in [-0.1, -0.05) is 36.4 Å². The smallest absolute Gasteiger partial charge is 0.408 e. The predicted molar refractivity (Wildman–Crippen MR) is 82.2 cm³/mol. The number of rotatable bonds is 7. The van der Waals surface area contributed by atoms with E-state index in [4.69, 9.17) is 9.26 Å². The Kier molecular flexibility index (Phi) is 5.06. The maximum absolute atomic E-state index is 12.3. The van der Waals surface area contributed by atoms with E-state index in [1.54, 1.807) is 13.0 Å². The number of ether oxygens (including phenoxy) is 1. The van der Waals surface area contributed by atoms with E-state index in [-0.39, 0.29) is 19.1 Å². The summed E-state index contributed by atoms with van der Waals surface area (Å²) in [7, 11) is -3.99. The highest BCUT2D eigenvalue weighted by Gasteiger charge is 2.67. The SMILES string of the molecule is C=C[C@@H]1CC1(NC(=O)OCc1ccccc1)P(=O)(O)OCC. The molecule has 22 heavy (non-hydrogen) atoms. The molecule has 0 spiro atoms. The Balaban J connectivity index is 1.99. The van der Waals surface area contributed by atoms with Crippen molar-refractivity contribution in [3.05, 3.63) is 48.6 Å². The molecule has 0 heterocycles. The van der Waals surface area contributed by atoms with Crippen LogP contribution in [-0.4, -0.2) is 22.9 Å². The summed E-state index contributed by atoms with van der Waals surface area (Å²) in [4.78, 5) is 22.0. The summed E-state index contributed by atoms with van der Waals surface area (Å²) in [6.07, 6.45) is 1.10. The summed E-state index contributed by atoms with van der Waals surface area (Å²) in [5, 5.41) is 1.17. The van der Waals surface area contributed by atoms with Crippen LogP contribution in [0.1, 0.15) is 18.9 Å². The van der Waals surface area contributed by atoms with E-state index in [1.165, 1.54) is 0 Å². The van der Waals surface area contributed by atoms with E-state index >= 15 is 0 Å². The molecule has 3 atom stereocenters. The fraction of sp³-hybridized carbons (Fsp3) is 0.400. The Labute approximate surface area is 129 Å². The van der Waals surface area contributed by atoms with Crippen LogP contribution >= 0.6 is 7.60 Å². The van der Waals surface area contributed by atoms with Crippen LogP contribution in [0, 0.1) is 5.92 Å². The Morgan fingerprint density at radius 1 is 1.55 bits per heavy atom. The highest BCUT2D eigenvalue weighted by Crippen LogP contribution is 2.69. The first-order valence-electron chi connectivity index (χ1n) is 7.04. The van der Waals surface area contributed by atoms with Crippen LogP contribution in [0.25, 0.3) is 0 Å². The van der Waals surface area contributed by atoms with Crippen molar-refractivity contribution >= 4 is 13.7 Å². The predicted octanol–water partition coefficient (Wildman–Crippen LogP) is 3.04. The van der Waals surface area contributed by atoms with Crippen LogP contribution in [0.5, 0.6) is 0 Å². The third-order valence-electron chi connectivity index (χ3n) is 3.61. The van der Waals surface area contributed by atoms with Crippen LogP contribution in [0.3, 0.4) is 0 Å². The number of carbonyl (C=O) groups excluding carboxylic acids is 1. The molecule has 7 heteroatoms. The number of benzene rings is 1. The number of hydrogen-bond acceptors (Lipinski definition) is 4. The van der Waals surface area contributed by atoms with Crippen LogP contribution in [-0.2, 0) is 20.4 Å². The normalized spacial score (nSPS) is 25.8. The summed E-state index contributed by atoms with van der Waals surface area (Å²) in [5.74, 6) is -0.306. The second kappa shape index (κ2) is 6.65. The second-order valence-corrected chi connectivity index (χ2v) is 7.19. The lowest BCUT2D eigenvalue weighted by Gasteiger charge is -2.23. The highest BCUT2D eigenvalue weighted by atomic mass is 31.2. The van der Waals surface area contributed by atoms with Crippen molar-refractivity contribution < 1.29 is 23.5 Å². The van der Waals surface area contributed by atoms with Crippen molar-refractivity contribution in [1.29, 1.82) is 0 Å². The Morgan fingerprint density at radius 2 is 2.23 bits per heavy atom. The van der Waals surface area contributed by atoms with Crippen molar-refractivity contribution in [2.24, 2.45) is 5.92 Å². The molecule has 0 saturated heterocycles. The zero-order valence-corrected chi connectivity index (χ0v) is 13.3. The maximum atomic E-state index is 12.3. The molecule has 1 aliphatic rings. The van der Waals surface area contributed by atoms with Gasteiger partial charge in [0.2, 0.25) is 0 Å². The van der Waals surface area contributed by atoms with Gasteiger partial charge in [0, 0.05) is 5.92 Å². The van der Waals surface area contributed by atoms with E-state index in [9.17, 15) is 14.3 Å². The fourth-order valence-corrected chi connectivity index (χ4v) is 4.08. The van der Waals surface area contributed by atoms with Crippen LogP contribution in [0.15, 0.2) is 43.0 Å². The number of hydrogen-bond donors (Lipinski definition) is 2. The number of carbonyl (C=O) groups is 1. The molecule has 1 aromatic carbocycles. The fourth-order valence-electron chi connectivity index (χ4n) is 2.32. The Bertz CT molecular complexity index is 591. The summed E-state index contributed by atoms with van der Waals surface area (Å²) in [6.45, 7) is 5.41. The number of nitrogens with one attached hydrogen (secondary N) is 1. The van der Waals surface area contributed by atoms with Crippen LogP contribution in [0.4, 0.5) is 4.79 Å². The van der Waals surface area contributed by atoms with Gasteiger partial charge in [-0.05, 0) is 18.9 Å². The molecule has 1 aliphatic carbocycles. The molecule has 1 amide bonds. The first-order chi connectivity index (χ1) is 10.4. The molecule has 0 bridgehead atoms. The quantitative estimate of drug-likeness (QED) is 0.594. The van der Waals surface area contributed by atoms with Crippen molar-refractivity contribution in [2.75, 3.05) is 6.61 Å². The van der Waals surface area contributed by atoms with Crippen molar-refractivity contribution in [3.8, 4) is 0 Å². The highest BCUT2D eigenvalue weighted by molar-refractivity contribution is 7.55.